The number of aliphatic hydroxyl groups excluding tert-OH is 1. The summed E-state index contributed by atoms with van der Waals surface area (Å²) < 4.78 is 31.0. The topological polar surface area (TPSA) is 66.4 Å². The molecule has 1 saturated carbocycles. The highest BCUT2D eigenvalue weighted by Gasteiger charge is 2.60. The van der Waals surface area contributed by atoms with Crippen LogP contribution in [0.1, 0.15) is 72.6 Å². The molecule has 0 bridgehead atoms. The number of fused-ring (bicyclic) bond motifs is 1. The minimum absolute atomic E-state index is 0.294. The lowest BCUT2D eigenvalue weighted by Gasteiger charge is -2.34. The molecule has 1 aliphatic carbocycles. The lowest BCUT2D eigenvalue weighted by Crippen LogP contribution is -2.44. The molecule has 3 heterocycles. The lowest BCUT2D eigenvalue weighted by atomic mass is 9.94. The summed E-state index contributed by atoms with van der Waals surface area (Å²) in [6.45, 7) is 9.15. The molecule has 0 unspecified atom stereocenters. The Bertz CT molecular complexity index is 505. The molecule has 0 radical (unpaired) electrons. The maximum absolute atomic E-state index is 10.9. The second-order valence-electron chi connectivity index (χ2n) is 9.71. The first kappa shape index (κ1) is 20.0. The summed E-state index contributed by atoms with van der Waals surface area (Å²) in [5, 5.41) is 10.9. The van der Waals surface area contributed by atoms with Gasteiger partial charge in [-0.2, -0.15) is 0 Å². The maximum Gasteiger partial charge on any atom is 0.190 e. The third kappa shape index (κ3) is 3.94. The SMILES string of the molecule is CC(C)CC1(CC(C)C)OC[C@@H]([C@H]2O[C@@H]3OC4(CCCCC4)O[C@@H]3[C@H]2O)O1. The zero-order valence-corrected chi connectivity index (χ0v) is 17.2. The summed E-state index contributed by atoms with van der Waals surface area (Å²) in [4.78, 5) is 0. The van der Waals surface area contributed by atoms with Gasteiger partial charge in [0.25, 0.3) is 0 Å². The van der Waals surface area contributed by atoms with Gasteiger partial charge in [0.1, 0.15) is 24.4 Å². The van der Waals surface area contributed by atoms with Crippen LogP contribution in [0.15, 0.2) is 0 Å². The van der Waals surface area contributed by atoms with Crippen LogP contribution in [0.2, 0.25) is 0 Å². The smallest absolute Gasteiger partial charge is 0.190 e. The molecule has 0 aromatic heterocycles. The molecular formula is C21H36O6. The van der Waals surface area contributed by atoms with Gasteiger partial charge in [-0.3, -0.25) is 0 Å². The van der Waals surface area contributed by atoms with Crippen LogP contribution in [0.25, 0.3) is 0 Å². The Kier molecular flexibility index (Phi) is 5.60. The van der Waals surface area contributed by atoms with Crippen molar-refractivity contribution >= 4 is 0 Å². The van der Waals surface area contributed by atoms with Gasteiger partial charge in [-0.15, -0.1) is 0 Å². The highest BCUT2D eigenvalue weighted by Crippen LogP contribution is 2.47. The van der Waals surface area contributed by atoms with Gasteiger partial charge in [-0.05, 0) is 24.7 Å². The predicted molar refractivity (Wildman–Crippen MR) is 98.9 cm³/mol. The molecular weight excluding hydrogens is 348 g/mol. The lowest BCUT2D eigenvalue weighted by molar-refractivity contribution is -0.260. The Hall–Kier alpha value is -0.240. The van der Waals surface area contributed by atoms with Crippen molar-refractivity contribution in [3.63, 3.8) is 0 Å². The van der Waals surface area contributed by atoms with E-state index in [1.54, 1.807) is 0 Å². The molecule has 4 aliphatic rings. The van der Waals surface area contributed by atoms with Crippen molar-refractivity contribution in [2.75, 3.05) is 6.61 Å². The molecule has 156 valence electrons. The van der Waals surface area contributed by atoms with Gasteiger partial charge >= 0.3 is 0 Å². The number of rotatable bonds is 5. The fourth-order valence-electron chi connectivity index (χ4n) is 5.28. The van der Waals surface area contributed by atoms with E-state index in [0.717, 1.165) is 38.5 Å². The van der Waals surface area contributed by atoms with Gasteiger partial charge < -0.3 is 28.8 Å². The van der Waals surface area contributed by atoms with Crippen LogP contribution in [0.5, 0.6) is 0 Å². The van der Waals surface area contributed by atoms with Crippen molar-refractivity contribution in [2.45, 2.75) is 115 Å². The molecule has 6 heteroatoms. The van der Waals surface area contributed by atoms with Gasteiger partial charge in [0.15, 0.2) is 17.9 Å². The zero-order valence-electron chi connectivity index (χ0n) is 17.2. The minimum Gasteiger partial charge on any atom is -0.387 e. The van der Waals surface area contributed by atoms with Crippen LogP contribution in [0, 0.1) is 11.8 Å². The van der Waals surface area contributed by atoms with Crippen molar-refractivity contribution in [3.05, 3.63) is 0 Å². The van der Waals surface area contributed by atoms with Crippen molar-refractivity contribution in [2.24, 2.45) is 11.8 Å². The summed E-state index contributed by atoms with van der Waals surface area (Å²) >= 11 is 0. The molecule has 0 amide bonds. The molecule has 4 rings (SSSR count). The number of hydrogen-bond donors (Lipinski definition) is 1. The van der Waals surface area contributed by atoms with E-state index in [4.69, 9.17) is 23.7 Å². The Labute approximate surface area is 162 Å². The van der Waals surface area contributed by atoms with E-state index in [0.29, 0.717) is 18.4 Å². The zero-order chi connectivity index (χ0) is 19.2. The van der Waals surface area contributed by atoms with Gasteiger partial charge in [-0.25, -0.2) is 0 Å². The Balaban J connectivity index is 1.41. The van der Waals surface area contributed by atoms with Crippen molar-refractivity contribution in [1.82, 2.24) is 0 Å². The Morgan fingerprint density at radius 2 is 1.56 bits per heavy atom. The van der Waals surface area contributed by atoms with E-state index < -0.39 is 36.2 Å². The molecule has 1 N–H and O–H groups in total. The average Bonchev–Trinajstić information content (AvgIpc) is 3.21. The highest BCUT2D eigenvalue weighted by atomic mass is 16.8. The summed E-state index contributed by atoms with van der Waals surface area (Å²) in [5.74, 6) is -0.200. The molecule has 3 saturated heterocycles. The van der Waals surface area contributed by atoms with E-state index in [1.165, 1.54) is 6.42 Å². The monoisotopic (exact) mass is 384 g/mol. The van der Waals surface area contributed by atoms with Crippen LogP contribution in [-0.4, -0.2) is 54.0 Å². The van der Waals surface area contributed by atoms with Crippen LogP contribution in [-0.2, 0) is 23.7 Å². The van der Waals surface area contributed by atoms with Crippen molar-refractivity contribution in [1.29, 1.82) is 0 Å². The first-order valence-electron chi connectivity index (χ1n) is 10.8. The van der Waals surface area contributed by atoms with Crippen molar-refractivity contribution < 1.29 is 28.8 Å². The molecule has 27 heavy (non-hydrogen) atoms. The van der Waals surface area contributed by atoms with E-state index in [-0.39, 0.29) is 6.10 Å². The number of hydrogen-bond acceptors (Lipinski definition) is 6. The summed E-state index contributed by atoms with van der Waals surface area (Å²) in [7, 11) is 0. The largest absolute Gasteiger partial charge is 0.387 e. The molecule has 1 spiro atoms. The third-order valence-corrected chi connectivity index (χ3v) is 6.21. The van der Waals surface area contributed by atoms with Gasteiger partial charge in [-0.1, -0.05) is 34.1 Å². The molecule has 5 atom stereocenters. The summed E-state index contributed by atoms with van der Waals surface area (Å²) in [6, 6.07) is 0. The molecule has 6 nitrogen and oxygen atoms in total. The van der Waals surface area contributed by atoms with Crippen LogP contribution in [0.4, 0.5) is 0 Å². The average molecular weight is 385 g/mol. The molecule has 0 aromatic rings. The molecule has 3 aliphatic heterocycles. The quantitative estimate of drug-likeness (QED) is 0.784. The molecule has 4 fully saturated rings. The first-order chi connectivity index (χ1) is 12.8. The second kappa shape index (κ2) is 7.54. The maximum atomic E-state index is 10.9. The van der Waals surface area contributed by atoms with E-state index >= 15 is 0 Å². The third-order valence-electron chi connectivity index (χ3n) is 6.21. The predicted octanol–water partition coefficient (Wildman–Crippen LogP) is 3.35. The second-order valence-corrected chi connectivity index (χ2v) is 9.71. The van der Waals surface area contributed by atoms with Gasteiger partial charge in [0, 0.05) is 25.7 Å². The number of ether oxygens (including phenoxy) is 5. The fourth-order valence-corrected chi connectivity index (χ4v) is 5.28. The first-order valence-corrected chi connectivity index (χ1v) is 10.8. The standard InChI is InChI=1S/C21H36O6/c1-13(2)10-21(11-14(3)4)23-12-15(25-21)17-16(22)18-19(24-17)27-20(26-18)8-6-5-7-9-20/h13-19,22H,5-12H2,1-4H3/t15-,16-,17+,18+,19+/m0/s1. The minimum atomic E-state index is -0.751. The van der Waals surface area contributed by atoms with E-state index in [9.17, 15) is 5.11 Å². The normalized spacial score (nSPS) is 40.3. The van der Waals surface area contributed by atoms with Crippen LogP contribution < -0.4 is 0 Å². The number of aliphatic hydroxyl groups is 1. The van der Waals surface area contributed by atoms with Gasteiger partial charge in [0.2, 0.25) is 0 Å². The summed E-state index contributed by atoms with van der Waals surface area (Å²) in [5.41, 5.74) is 0. The Morgan fingerprint density at radius 1 is 0.889 bits per heavy atom. The highest BCUT2D eigenvalue weighted by molar-refractivity contribution is 5.00. The summed E-state index contributed by atoms with van der Waals surface area (Å²) in [6.07, 6.45) is 4.43. The molecule has 0 aromatic carbocycles. The van der Waals surface area contributed by atoms with Crippen molar-refractivity contribution in [3.8, 4) is 0 Å². The van der Waals surface area contributed by atoms with Crippen LogP contribution >= 0.6 is 0 Å². The van der Waals surface area contributed by atoms with E-state index in [2.05, 4.69) is 27.7 Å². The fraction of sp³-hybridized carbons (Fsp3) is 1.00. The Morgan fingerprint density at radius 3 is 2.15 bits per heavy atom. The van der Waals surface area contributed by atoms with Crippen LogP contribution in [0.3, 0.4) is 0 Å². The van der Waals surface area contributed by atoms with E-state index in [1.807, 2.05) is 0 Å². The van der Waals surface area contributed by atoms with Gasteiger partial charge in [0.05, 0.1) is 6.61 Å².